The highest BCUT2D eigenvalue weighted by atomic mass is 127. The third kappa shape index (κ3) is 6.17. The summed E-state index contributed by atoms with van der Waals surface area (Å²) in [5.41, 5.74) is 2.16. The van der Waals surface area contributed by atoms with Crippen LogP contribution in [-0.2, 0) is 11.2 Å². The number of thiocarbonyl (C=S) groups is 1. The molecule has 1 aromatic carbocycles. The number of unbranched alkanes of at least 4 members (excludes halogenated alkanes) is 2. The van der Waals surface area contributed by atoms with Gasteiger partial charge in [0, 0.05) is 15.7 Å². The first kappa shape index (κ1) is 17.4. The lowest BCUT2D eigenvalue weighted by Crippen LogP contribution is -2.34. The predicted octanol–water partition coefficient (Wildman–Crippen LogP) is 4.25. The van der Waals surface area contributed by atoms with E-state index in [1.54, 1.807) is 0 Å². The van der Waals surface area contributed by atoms with Crippen molar-refractivity contribution in [1.82, 2.24) is 5.32 Å². The molecule has 0 saturated carbocycles. The third-order valence-corrected chi connectivity index (χ3v) is 3.83. The SMILES string of the molecule is CCCCCC(=O)NC(=S)Nc1ccc(I)cc1CC. The monoisotopic (exact) mass is 404 g/mol. The molecule has 3 nitrogen and oxygen atoms in total. The molecule has 0 unspecified atom stereocenters. The van der Waals surface area contributed by atoms with Crippen LogP contribution in [0.15, 0.2) is 18.2 Å². The highest BCUT2D eigenvalue weighted by Gasteiger charge is 2.07. The van der Waals surface area contributed by atoms with Gasteiger partial charge in [0.1, 0.15) is 0 Å². The Morgan fingerprint density at radius 3 is 2.70 bits per heavy atom. The number of nitrogens with one attached hydrogen (secondary N) is 2. The number of carbonyl (C=O) groups excluding carboxylic acids is 1. The predicted molar refractivity (Wildman–Crippen MR) is 97.0 cm³/mol. The maximum absolute atomic E-state index is 11.7. The van der Waals surface area contributed by atoms with E-state index in [-0.39, 0.29) is 5.91 Å². The second-order valence-electron chi connectivity index (χ2n) is 4.61. The number of benzene rings is 1. The number of hydrogen-bond donors (Lipinski definition) is 2. The van der Waals surface area contributed by atoms with Crippen LogP contribution in [0.5, 0.6) is 0 Å². The lowest BCUT2D eigenvalue weighted by molar-refractivity contribution is -0.119. The second kappa shape index (κ2) is 9.28. The minimum Gasteiger partial charge on any atom is -0.332 e. The van der Waals surface area contributed by atoms with Crippen molar-refractivity contribution in [3.8, 4) is 0 Å². The number of amides is 1. The van der Waals surface area contributed by atoms with E-state index in [2.05, 4.69) is 53.1 Å². The van der Waals surface area contributed by atoms with Crippen LogP contribution in [0.25, 0.3) is 0 Å². The van der Waals surface area contributed by atoms with Crippen molar-refractivity contribution in [3.05, 3.63) is 27.3 Å². The first-order valence-corrected chi connectivity index (χ1v) is 8.44. The summed E-state index contributed by atoms with van der Waals surface area (Å²) in [6.07, 6.45) is 4.55. The van der Waals surface area contributed by atoms with Crippen LogP contribution in [0.3, 0.4) is 0 Å². The minimum absolute atomic E-state index is 0.0143. The summed E-state index contributed by atoms with van der Waals surface area (Å²) >= 11 is 7.47. The fourth-order valence-corrected chi connectivity index (χ4v) is 2.63. The summed E-state index contributed by atoms with van der Waals surface area (Å²) in [7, 11) is 0. The van der Waals surface area contributed by atoms with Crippen LogP contribution in [0.2, 0.25) is 0 Å². The topological polar surface area (TPSA) is 41.1 Å². The van der Waals surface area contributed by atoms with E-state index in [1.807, 2.05) is 12.1 Å². The van der Waals surface area contributed by atoms with Gasteiger partial charge in [-0.3, -0.25) is 4.79 Å². The van der Waals surface area contributed by atoms with E-state index < -0.39 is 0 Å². The van der Waals surface area contributed by atoms with Gasteiger partial charge in [0.2, 0.25) is 5.91 Å². The van der Waals surface area contributed by atoms with Crippen molar-refractivity contribution in [3.63, 3.8) is 0 Å². The van der Waals surface area contributed by atoms with Crippen LogP contribution in [0.4, 0.5) is 5.69 Å². The first-order chi connectivity index (χ1) is 9.56. The van der Waals surface area contributed by atoms with Crippen molar-refractivity contribution in [2.24, 2.45) is 0 Å². The van der Waals surface area contributed by atoms with Gasteiger partial charge in [-0.1, -0.05) is 26.7 Å². The number of anilines is 1. The average Bonchev–Trinajstić information content (AvgIpc) is 2.41. The van der Waals surface area contributed by atoms with Gasteiger partial charge in [-0.15, -0.1) is 0 Å². The van der Waals surface area contributed by atoms with Gasteiger partial charge < -0.3 is 10.6 Å². The molecule has 1 amide bonds. The molecular formula is C15H21IN2OS. The minimum atomic E-state index is -0.0143. The maximum atomic E-state index is 11.7. The molecule has 110 valence electrons. The second-order valence-corrected chi connectivity index (χ2v) is 6.27. The van der Waals surface area contributed by atoms with E-state index in [0.29, 0.717) is 11.5 Å². The molecule has 1 aromatic rings. The highest BCUT2D eigenvalue weighted by molar-refractivity contribution is 14.1. The molecule has 0 atom stereocenters. The van der Waals surface area contributed by atoms with Gasteiger partial charge in [-0.2, -0.15) is 0 Å². The van der Waals surface area contributed by atoms with Gasteiger partial charge in [0.05, 0.1) is 0 Å². The number of carbonyl (C=O) groups is 1. The van der Waals surface area contributed by atoms with Gasteiger partial charge in [0.15, 0.2) is 5.11 Å². The standard InChI is InChI=1S/C15H21IN2OS/c1-3-5-6-7-14(19)18-15(20)17-13-9-8-12(16)10-11(13)4-2/h8-10H,3-7H2,1-2H3,(H2,17,18,19,20). The highest BCUT2D eigenvalue weighted by Crippen LogP contribution is 2.19. The molecule has 0 aliphatic heterocycles. The molecule has 0 aliphatic carbocycles. The summed E-state index contributed by atoms with van der Waals surface area (Å²) in [6, 6.07) is 6.14. The molecule has 0 heterocycles. The van der Waals surface area contributed by atoms with E-state index in [1.165, 1.54) is 9.13 Å². The van der Waals surface area contributed by atoms with Crippen molar-refractivity contribution in [2.45, 2.75) is 46.0 Å². The van der Waals surface area contributed by atoms with E-state index in [0.717, 1.165) is 31.4 Å². The molecule has 0 fully saturated rings. The summed E-state index contributed by atoms with van der Waals surface area (Å²) in [5.74, 6) is -0.0143. The molecule has 0 spiro atoms. The van der Waals surface area contributed by atoms with Crippen molar-refractivity contribution in [2.75, 3.05) is 5.32 Å². The van der Waals surface area contributed by atoms with Crippen LogP contribution in [-0.4, -0.2) is 11.0 Å². The molecule has 0 aliphatic rings. The molecule has 0 radical (unpaired) electrons. The molecular weight excluding hydrogens is 383 g/mol. The smallest absolute Gasteiger partial charge is 0.226 e. The zero-order valence-corrected chi connectivity index (χ0v) is 14.9. The first-order valence-electron chi connectivity index (χ1n) is 6.96. The van der Waals surface area contributed by atoms with Gasteiger partial charge in [-0.25, -0.2) is 0 Å². The van der Waals surface area contributed by atoms with Gasteiger partial charge in [-0.05, 0) is 71.4 Å². The quantitative estimate of drug-likeness (QED) is 0.423. The fraction of sp³-hybridized carbons (Fsp3) is 0.467. The van der Waals surface area contributed by atoms with E-state index >= 15 is 0 Å². The number of rotatable bonds is 6. The largest absolute Gasteiger partial charge is 0.332 e. The Morgan fingerprint density at radius 1 is 1.30 bits per heavy atom. The molecule has 0 bridgehead atoms. The van der Waals surface area contributed by atoms with E-state index in [9.17, 15) is 4.79 Å². The molecule has 1 rings (SSSR count). The summed E-state index contributed by atoms with van der Waals surface area (Å²) in [4.78, 5) is 11.7. The van der Waals surface area contributed by atoms with Crippen molar-refractivity contribution >= 4 is 51.5 Å². The average molecular weight is 404 g/mol. The lowest BCUT2D eigenvalue weighted by atomic mass is 10.1. The lowest BCUT2D eigenvalue weighted by Gasteiger charge is -2.13. The van der Waals surface area contributed by atoms with Crippen molar-refractivity contribution in [1.29, 1.82) is 0 Å². The zero-order chi connectivity index (χ0) is 15.0. The third-order valence-electron chi connectivity index (χ3n) is 2.96. The van der Waals surface area contributed by atoms with Crippen LogP contribution >= 0.6 is 34.8 Å². The summed E-state index contributed by atoms with van der Waals surface area (Å²) < 4.78 is 1.19. The number of aryl methyl sites for hydroxylation is 1. The van der Waals surface area contributed by atoms with Crippen molar-refractivity contribution < 1.29 is 4.79 Å². The Bertz CT molecular complexity index is 477. The zero-order valence-electron chi connectivity index (χ0n) is 12.0. The summed E-state index contributed by atoms with van der Waals surface area (Å²) in [6.45, 7) is 4.22. The molecule has 0 saturated heterocycles. The van der Waals surface area contributed by atoms with Crippen LogP contribution < -0.4 is 10.6 Å². The maximum Gasteiger partial charge on any atom is 0.226 e. The molecule has 20 heavy (non-hydrogen) atoms. The molecule has 2 N–H and O–H groups in total. The number of hydrogen-bond acceptors (Lipinski definition) is 2. The Labute approximate surface area is 140 Å². The normalized spacial score (nSPS) is 10.2. The summed E-state index contributed by atoms with van der Waals surface area (Å²) in [5, 5.41) is 6.22. The van der Waals surface area contributed by atoms with E-state index in [4.69, 9.17) is 12.2 Å². The molecule has 0 aromatic heterocycles. The van der Waals surface area contributed by atoms with Gasteiger partial charge >= 0.3 is 0 Å². The Morgan fingerprint density at radius 2 is 2.05 bits per heavy atom. The molecule has 5 heteroatoms. The fourth-order valence-electron chi connectivity index (χ4n) is 1.85. The van der Waals surface area contributed by atoms with Gasteiger partial charge in [0.25, 0.3) is 0 Å². The van der Waals surface area contributed by atoms with Crippen LogP contribution in [0, 0.1) is 3.57 Å². The number of halogens is 1. The van der Waals surface area contributed by atoms with Crippen LogP contribution in [0.1, 0.15) is 45.1 Å². The Balaban J connectivity index is 2.52. The Hall–Kier alpha value is -0.690. The Kier molecular flexibility index (Phi) is 8.06.